The summed E-state index contributed by atoms with van der Waals surface area (Å²) in [5, 5.41) is 16.9. The van der Waals surface area contributed by atoms with Crippen LogP contribution in [0.1, 0.15) is 12.1 Å². The van der Waals surface area contributed by atoms with Gasteiger partial charge in [-0.3, -0.25) is 4.68 Å². The van der Waals surface area contributed by atoms with Crippen molar-refractivity contribution < 1.29 is 9.90 Å². The Balaban J connectivity index is 2.09. The van der Waals surface area contributed by atoms with Crippen molar-refractivity contribution in [1.82, 2.24) is 14.7 Å². The highest BCUT2D eigenvalue weighted by Gasteiger charge is 2.35. The third-order valence-electron chi connectivity index (χ3n) is 3.02. The first-order valence-electron chi connectivity index (χ1n) is 5.64. The molecule has 1 aromatic heterocycles. The van der Waals surface area contributed by atoms with Crippen LogP contribution in [0.2, 0.25) is 0 Å². The minimum atomic E-state index is -0.987. The van der Waals surface area contributed by atoms with Crippen LogP contribution in [-0.2, 0) is 6.54 Å². The molecule has 1 fully saturated rings. The number of carbonyl (C=O) groups is 1. The van der Waals surface area contributed by atoms with E-state index in [0.29, 0.717) is 13.0 Å². The van der Waals surface area contributed by atoms with Crippen molar-refractivity contribution in [1.29, 1.82) is 0 Å². The molecule has 2 heterocycles. The number of amides is 1. The molecule has 1 saturated heterocycles. The topological polar surface area (TPSA) is 107 Å². The van der Waals surface area contributed by atoms with Crippen molar-refractivity contribution in [3.05, 3.63) is 28.4 Å². The Morgan fingerprint density at radius 2 is 2.56 bits per heavy atom. The predicted octanol–water partition coefficient (Wildman–Crippen LogP) is 1.62. The fraction of sp³-hybridized carbons (Fsp3) is 0.600. The van der Waals surface area contributed by atoms with Crippen molar-refractivity contribution in [3.63, 3.8) is 0 Å². The van der Waals surface area contributed by atoms with Gasteiger partial charge < -0.3 is 10.0 Å². The largest absolute Gasteiger partial charge is 0.465 e. The quantitative estimate of drug-likeness (QED) is 0.500. The lowest BCUT2D eigenvalue weighted by molar-refractivity contribution is 0.135. The Hall–Kier alpha value is -2.21. The zero-order valence-corrected chi connectivity index (χ0v) is 9.97. The number of hydrogen-bond acceptors (Lipinski definition) is 3. The number of carboxylic acid groups (broad SMARTS) is 1. The van der Waals surface area contributed by atoms with Crippen molar-refractivity contribution in [2.75, 3.05) is 6.54 Å². The van der Waals surface area contributed by atoms with Crippen LogP contribution in [-0.4, -0.2) is 44.5 Å². The first-order chi connectivity index (χ1) is 8.60. The number of likely N-dealkylation sites (tertiary alicyclic amines) is 1. The van der Waals surface area contributed by atoms with Crippen LogP contribution in [0, 0.1) is 6.92 Å². The summed E-state index contributed by atoms with van der Waals surface area (Å²) < 4.78 is 1.72. The standard InChI is InChI=1S/C10H14N6O2/c1-7-2-3-15(13-7)6-9-4-8(12-14-11)5-16(9)10(17)18/h2-3,8-9H,4-6H2,1H3,(H,17,18)/t8-,9+/m1/s1. The van der Waals surface area contributed by atoms with Crippen molar-refractivity contribution in [2.24, 2.45) is 5.11 Å². The number of aromatic nitrogens is 2. The Kier molecular flexibility index (Phi) is 3.38. The lowest BCUT2D eigenvalue weighted by atomic mass is 10.2. The summed E-state index contributed by atoms with van der Waals surface area (Å²) in [6, 6.07) is 1.38. The van der Waals surface area contributed by atoms with E-state index in [4.69, 9.17) is 10.6 Å². The van der Waals surface area contributed by atoms with Gasteiger partial charge in [0.15, 0.2) is 0 Å². The summed E-state index contributed by atoms with van der Waals surface area (Å²) >= 11 is 0. The van der Waals surface area contributed by atoms with Gasteiger partial charge in [-0.05, 0) is 24.9 Å². The molecule has 2 atom stereocenters. The lowest BCUT2D eigenvalue weighted by Crippen LogP contribution is -2.37. The van der Waals surface area contributed by atoms with E-state index in [1.807, 2.05) is 19.2 Å². The first kappa shape index (κ1) is 12.3. The second-order valence-electron chi connectivity index (χ2n) is 4.36. The van der Waals surface area contributed by atoms with Crippen molar-refractivity contribution >= 4 is 6.09 Å². The molecule has 1 amide bonds. The molecule has 0 saturated carbocycles. The van der Waals surface area contributed by atoms with Gasteiger partial charge in [-0.15, -0.1) is 0 Å². The lowest BCUT2D eigenvalue weighted by Gasteiger charge is -2.21. The molecule has 0 bridgehead atoms. The molecule has 1 aliphatic heterocycles. The Labute approximate surface area is 103 Å². The molecule has 8 nitrogen and oxygen atoms in total. The van der Waals surface area contributed by atoms with Crippen LogP contribution >= 0.6 is 0 Å². The molecule has 18 heavy (non-hydrogen) atoms. The van der Waals surface area contributed by atoms with Crippen LogP contribution < -0.4 is 0 Å². The molecule has 96 valence electrons. The molecule has 1 aromatic rings. The van der Waals surface area contributed by atoms with Gasteiger partial charge in [-0.2, -0.15) is 5.10 Å². The van der Waals surface area contributed by atoms with Crippen LogP contribution in [0.5, 0.6) is 0 Å². The van der Waals surface area contributed by atoms with E-state index < -0.39 is 6.09 Å². The van der Waals surface area contributed by atoms with Crippen LogP contribution in [0.25, 0.3) is 10.4 Å². The molecule has 0 aromatic carbocycles. The predicted molar refractivity (Wildman–Crippen MR) is 63.0 cm³/mol. The minimum absolute atomic E-state index is 0.197. The highest BCUT2D eigenvalue weighted by molar-refractivity contribution is 5.66. The summed E-state index contributed by atoms with van der Waals surface area (Å²) in [6.07, 6.45) is 1.37. The average Bonchev–Trinajstić information content (AvgIpc) is 2.87. The van der Waals surface area contributed by atoms with Crippen molar-refractivity contribution in [2.45, 2.75) is 32.0 Å². The molecule has 1 aliphatic rings. The summed E-state index contributed by atoms with van der Waals surface area (Å²) in [5.74, 6) is 0. The average molecular weight is 250 g/mol. The number of aryl methyl sites for hydroxylation is 1. The van der Waals surface area contributed by atoms with Gasteiger partial charge >= 0.3 is 6.09 Å². The maximum Gasteiger partial charge on any atom is 0.407 e. The van der Waals surface area contributed by atoms with Crippen LogP contribution in [0.3, 0.4) is 0 Å². The SMILES string of the molecule is Cc1ccn(C[C@@H]2C[C@@H](N=[N+]=[N-])CN2C(=O)O)n1. The molecular formula is C10H14N6O2. The maximum atomic E-state index is 11.1. The summed E-state index contributed by atoms with van der Waals surface area (Å²) in [4.78, 5) is 15.2. The highest BCUT2D eigenvalue weighted by Crippen LogP contribution is 2.22. The van der Waals surface area contributed by atoms with Gasteiger partial charge in [0.25, 0.3) is 0 Å². The van der Waals surface area contributed by atoms with Gasteiger partial charge in [-0.25, -0.2) is 4.79 Å². The second kappa shape index (κ2) is 4.97. The zero-order chi connectivity index (χ0) is 13.1. The van der Waals surface area contributed by atoms with E-state index in [0.717, 1.165) is 5.69 Å². The molecule has 2 rings (SSSR count). The van der Waals surface area contributed by atoms with E-state index in [9.17, 15) is 4.79 Å². The molecular weight excluding hydrogens is 236 g/mol. The summed E-state index contributed by atoms with van der Waals surface area (Å²) in [5.41, 5.74) is 9.30. The Morgan fingerprint density at radius 1 is 1.78 bits per heavy atom. The number of hydrogen-bond donors (Lipinski definition) is 1. The Morgan fingerprint density at radius 3 is 3.11 bits per heavy atom. The molecule has 0 spiro atoms. The maximum absolute atomic E-state index is 11.1. The number of azide groups is 1. The highest BCUT2D eigenvalue weighted by atomic mass is 16.4. The molecule has 0 unspecified atom stereocenters. The Bertz CT molecular complexity index is 492. The van der Waals surface area contributed by atoms with Crippen molar-refractivity contribution in [3.8, 4) is 0 Å². The van der Waals surface area contributed by atoms with E-state index >= 15 is 0 Å². The monoisotopic (exact) mass is 250 g/mol. The van der Waals surface area contributed by atoms with E-state index in [1.165, 1.54) is 4.90 Å². The van der Waals surface area contributed by atoms with Gasteiger partial charge in [-0.1, -0.05) is 5.11 Å². The molecule has 0 radical (unpaired) electrons. The third kappa shape index (κ3) is 2.54. The fourth-order valence-electron chi connectivity index (χ4n) is 2.24. The van der Waals surface area contributed by atoms with Crippen LogP contribution in [0.15, 0.2) is 17.4 Å². The minimum Gasteiger partial charge on any atom is -0.465 e. The summed E-state index contributed by atoms with van der Waals surface area (Å²) in [7, 11) is 0. The smallest absolute Gasteiger partial charge is 0.407 e. The van der Waals surface area contributed by atoms with E-state index in [-0.39, 0.29) is 18.6 Å². The van der Waals surface area contributed by atoms with Gasteiger partial charge in [0, 0.05) is 17.7 Å². The first-order valence-corrected chi connectivity index (χ1v) is 5.64. The molecule has 8 heteroatoms. The third-order valence-corrected chi connectivity index (χ3v) is 3.02. The second-order valence-corrected chi connectivity index (χ2v) is 4.36. The normalized spacial score (nSPS) is 22.8. The summed E-state index contributed by atoms with van der Waals surface area (Å²) in [6.45, 7) is 2.62. The van der Waals surface area contributed by atoms with Crippen LogP contribution in [0.4, 0.5) is 4.79 Å². The van der Waals surface area contributed by atoms with Gasteiger partial charge in [0.1, 0.15) is 0 Å². The molecule has 0 aliphatic carbocycles. The number of nitrogens with zero attached hydrogens (tertiary/aromatic N) is 6. The number of rotatable bonds is 3. The van der Waals surface area contributed by atoms with Gasteiger partial charge in [0.05, 0.1) is 24.3 Å². The van der Waals surface area contributed by atoms with E-state index in [2.05, 4.69) is 15.1 Å². The van der Waals surface area contributed by atoms with Gasteiger partial charge in [0.2, 0.25) is 0 Å². The fourth-order valence-corrected chi connectivity index (χ4v) is 2.24. The molecule has 1 N–H and O–H groups in total. The van der Waals surface area contributed by atoms with E-state index in [1.54, 1.807) is 4.68 Å². The zero-order valence-electron chi connectivity index (χ0n) is 9.97.